The van der Waals surface area contributed by atoms with Crippen LogP contribution in [0.15, 0.2) is 29.7 Å². The molecule has 0 saturated carbocycles. The number of carboxylic acids is 1. The zero-order valence-electron chi connectivity index (χ0n) is 8.72. The number of pyridine rings is 1. The Bertz CT molecular complexity index is 501. The Hall–Kier alpha value is -1.96. The van der Waals surface area contributed by atoms with Crippen molar-refractivity contribution in [1.82, 2.24) is 25.2 Å². The van der Waals surface area contributed by atoms with Gasteiger partial charge in [-0.15, -0.1) is 5.10 Å². The number of hydrogen-bond donors (Lipinski definition) is 1. The quantitative estimate of drug-likeness (QED) is 0.771. The second kappa shape index (κ2) is 5.39. The highest BCUT2D eigenvalue weighted by molar-refractivity contribution is 7.98. The van der Waals surface area contributed by atoms with E-state index in [1.807, 2.05) is 12.1 Å². The van der Waals surface area contributed by atoms with Crippen LogP contribution in [-0.4, -0.2) is 36.3 Å². The predicted molar refractivity (Wildman–Crippen MR) is 59.3 cm³/mol. The maximum atomic E-state index is 10.6. The van der Waals surface area contributed by atoms with Gasteiger partial charge in [0.1, 0.15) is 6.54 Å². The first-order valence-electron chi connectivity index (χ1n) is 4.75. The molecular weight excluding hydrogens is 242 g/mol. The minimum absolute atomic E-state index is 0.230. The molecule has 0 aliphatic rings. The van der Waals surface area contributed by atoms with Gasteiger partial charge in [0, 0.05) is 18.1 Å². The minimum Gasteiger partial charge on any atom is -0.480 e. The van der Waals surface area contributed by atoms with Crippen LogP contribution in [0.3, 0.4) is 0 Å². The molecule has 0 saturated heterocycles. The summed E-state index contributed by atoms with van der Waals surface area (Å²) >= 11 is 1.38. The van der Waals surface area contributed by atoms with E-state index in [0.29, 0.717) is 10.9 Å². The summed E-state index contributed by atoms with van der Waals surface area (Å²) in [7, 11) is 0. The summed E-state index contributed by atoms with van der Waals surface area (Å²) < 4.78 is 1.26. The molecule has 0 amide bonds. The molecule has 2 rings (SSSR count). The van der Waals surface area contributed by atoms with Crippen LogP contribution in [0, 0.1) is 0 Å². The van der Waals surface area contributed by atoms with E-state index >= 15 is 0 Å². The van der Waals surface area contributed by atoms with E-state index in [4.69, 9.17) is 5.11 Å². The molecule has 0 radical (unpaired) electrons. The smallest absolute Gasteiger partial charge is 0.325 e. The van der Waals surface area contributed by atoms with Gasteiger partial charge in [0.25, 0.3) is 0 Å². The SMILES string of the molecule is O=C(O)Cn1nnnc1SCc1ccncc1. The first-order valence-corrected chi connectivity index (χ1v) is 5.74. The molecule has 17 heavy (non-hydrogen) atoms. The Morgan fingerprint density at radius 1 is 1.41 bits per heavy atom. The van der Waals surface area contributed by atoms with Crippen LogP contribution in [0.5, 0.6) is 0 Å². The van der Waals surface area contributed by atoms with Crippen molar-refractivity contribution in [3.05, 3.63) is 30.1 Å². The van der Waals surface area contributed by atoms with E-state index < -0.39 is 5.97 Å². The molecule has 88 valence electrons. The van der Waals surface area contributed by atoms with Crippen LogP contribution >= 0.6 is 11.8 Å². The van der Waals surface area contributed by atoms with Crippen LogP contribution in [0.25, 0.3) is 0 Å². The Kier molecular flexibility index (Phi) is 3.66. The van der Waals surface area contributed by atoms with E-state index in [0.717, 1.165) is 5.56 Å². The van der Waals surface area contributed by atoms with Crippen molar-refractivity contribution >= 4 is 17.7 Å². The van der Waals surface area contributed by atoms with Crippen molar-refractivity contribution in [1.29, 1.82) is 0 Å². The van der Waals surface area contributed by atoms with Gasteiger partial charge in [-0.1, -0.05) is 11.8 Å². The molecule has 2 heterocycles. The van der Waals surface area contributed by atoms with Gasteiger partial charge in [0.15, 0.2) is 0 Å². The third kappa shape index (κ3) is 3.25. The van der Waals surface area contributed by atoms with Crippen molar-refractivity contribution in [2.75, 3.05) is 0 Å². The van der Waals surface area contributed by atoms with Gasteiger partial charge in [-0.2, -0.15) is 0 Å². The van der Waals surface area contributed by atoms with Crippen molar-refractivity contribution in [2.45, 2.75) is 17.5 Å². The number of carboxylic acid groups (broad SMARTS) is 1. The maximum Gasteiger partial charge on any atom is 0.325 e. The number of hydrogen-bond acceptors (Lipinski definition) is 6. The normalized spacial score (nSPS) is 10.4. The maximum absolute atomic E-state index is 10.6. The molecule has 0 aliphatic carbocycles. The van der Waals surface area contributed by atoms with Crippen LogP contribution < -0.4 is 0 Å². The number of nitrogens with zero attached hydrogens (tertiary/aromatic N) is 5. The number of aliphatic carboxylic acids is 1. The van der Waals surface area contributed by atoms with Gasteiger partial charge < -0.3 is 5.11 Å². The van der Waals surface area contributed by atoms with Crippen LogP contribution in [0.4, 0.5) is 0 Å². The fourth-order valence-corrected chi connectivity index (χ4v) is 1.99. The van der Waals surface area contributed by atoms with E-state index in [1.54, 1.807) is 12.4 Å². The number of tetrazole rings is 1. The molecule has 1 N–H and O–H groups in total. The lowest BCUT2D eigenvalue weighted by Gasteiger charge is -2.01. The molecule has 8 heteroatoms. The summed E-state index contributed by atoms with van der Waals surface area (Å²) in [4.78, 5) is 14.5. The Morgan fingerprint density at radius 3 is 2.88 bits per heavy atom. The van der Waals surface area contributed by atoms with Gasteiger partial charge >= 0.3 is 5.97 Å². The summed E-state index contributed by atoms with van der Waals surface area (Å²) in [5.41, 5.74) is 1.08. The van der Waals surface area contributed by atoms with Gasteiger partial charge in [0.2, 0.25) is 5.16 Å². The van der Waals surface area contributed by atoms with Crippen molar-refractivity contribution in [2.24, 2.45) is 0 Å². The first-order chi connectivity index (χ1) is 8.25. The molecule has 0 bridgehead atoms. The molecule has 2 aromatic heterocycles. The highest BCUT2D eigenvalue weighted by atomic mass is 32.2. The lowest BCUT2D eigenvalue weighted by atomic mass is 10.3. The molecule has 2 aromatic rings. The summed E-state index contributed by atoms with van der Waals surface area (Å²) in [6.45, 7) is -0.230. The summed E-state index contributed by atoms with van der Waals surface area (Å²) in [5, 5.41) is 20.0. The standard InChI is InChI=1S/C9H9N5O2S/c15-8(16)5-14-9(11-12-13-14)17-6-7-1-3-10-4-2-7/h1-4H,5-6H2,(H,15,16). The molecule has 0 spiro atoms. The molecular formula is C9H9N5O2S. The number of carbonyl (C=O) groups is 1. The third-order valence-corrected chi connectivity index (χ3v) is 2.93. The van der Waals surface area contributed by atoms with E-state index in [-0.39, 0.29) is 6.54 Å². The van der Waals surface area contributed by atoms with Crippen LogP contribution in [-0.2, 0) is 17.1 Å². The van der Waals surface area contributed by atoms with Crippen molar-refractivity contribution in [3.63, 3.8) is 0 Å². The zero-order chi connectivity index (χ0) is 12.1. The van der Waals surface area contributed by atoms with Crippen LogP contribution in [0.2, 0.25) is 0 Å². The van der Waals surface area contributed by atoms with E-state index in [9.17, 15) is 4.79 Å². The Balaban J connectivity index is 2.00. The number of thioether (sulfide) groups is 1. The second-order valence-electron chi connectivity index (χ2n) is 3.16. The highest BCUT2D eigenvalue weighted by Gasteiger charge is 2.09. The van der Waals surface area contributed by atoms with Crippen molar-refractivity contribution < 1.29 is 9.90 Å². The fourth-order valence-electron chi connectivity index (χ4n) is 1.15. The zero-order valence-corrected chi connectivity index (χ0v) is 9.54. The minimum atomic E-state index is -0.969. The van der Waals surface area contributed by atoms with Gasteiger partial charge in [-0.3, -0.25) is 9.78 Å². The predicted octanol–water partition coefficient (Wildman–Crippen LogP) is 0.445. The number of rotatable bonds is 5. The number of aromatic nitrogens is 5. The second-order valence-corrected chi connectivity index (χ2v) is 4.10. The average molecular weight is 251 g/mol. The topological polar surface area (TPSA) is 93.8 Å². The van der Waals surface area contributed by atoms with E-state index in [1.165, 1.54) is 16.4 Å². The molecule has 0 aliphatic heterocycles. The molecule has 7 nitrogen and oxygen atoms in total. The van der Waals surface area contributed by atoms with Gasteiger partial charge in [-0.05, 0) is 28.1 Å². The average Bonchev–Trinajstić information content (AvgIpc) is 2.74. The summed E-state index contributed by atoms with van der Waals surface area (Å²) in [6.07, 6.45) is 3.41. The van der Waals surface area contributed by atoms with Crippen LogP contribution in [0.1, 0.15) is 5.56 Å². The van der Waals surface area contributed by atoms with Gasteiger partial charge in [0.05, 0.1) is 0 Å². The molecule has 0 unspecified atom stereocenters. The molecule has 0 atom stereocenters. The largest absolute Gasteiger partial charge is 0.480 e. The highest BCUT2D eigenvalue weighted by Crippen LogP contribution is 2.19. The van der Waals surface area contributed by atoms with Gasteiger partial charge in [-0.25, -0.2) is 4.68 Å². The van der Waals surface area contributed by atoms with E-state index in [2.05, 4.69) is 20.5 Å². The van der Waals surface area contributed by atoms with Crippen molar-refractivity contribution in [3.8, 4) is 0 Å². The monoisotopic (exact) mass is 251 g/mol. The third-order valence-electron chi connectivity index (χ3n) is 1.90. The lowest BCUT2D eigenvalue weighted by Crippen LogP contribution is -2.11. The molecule has 0 aromatic carbocycles. The Morgan fingerprint density at radius 2 is 2.18 bits per heavy atom. The summed E-state index contributed by atoms with van der Waals surface area (Å²) in [6, 6.07) is 3.77. The Labute approximate surface area is 101 Å². The fraction of sp³-hybridized carbons (Fsp3) is 0.222. The molecule has 0 fully saturated rings. The summed E-state index contributed by atoms with van der Waals surface area (Å²) in [5.74, 6) is -0.300. The lowest BCUT2D eigenvalue weighted by molar-refractivity contribution is -0.138. The first kappa shape index (κ1) is 11.5.